The maximum absolute atomic E-state index is 13.0. The molecule has 1 atom stereocenters. The van der Waals surface area contributed by atoms with Crippen LogP contribution in [0.1, 0.15) is 31.2 Å². The highest BCUT2D eigenvalue weighted by atomic mass is 16.3. The highest BCUT2D eigenvalue weighted by molar-refractivity contribution is 5.85. The van der Waals surface area contributed by atoms with E-state index in [0.29, 0.717) is 12.5 Å². The Morgan fingerprint density at radius 3 is 2.64 bits per heavy atom. The molecule has 1 amide bonds. The maximum atomic E-state index is 13.0. The first-order valence-corrected chi connectivity index (χ1v) is 8.98. The minimum Gasteiger partial charge on any atom is -0.393 e. The fraction of sp³-hybridized carbons (Fsp3) is 0.526. The number of carbonyl (C=O) groups is 1. The number of aliphatic hydroxyl groups excluding tert-OH is 1. The van der Waals surface area contributed by atoms with Gasteiger partial charge < -0.3 is 15.0 Å². The van der Waals surface area contributed by atoms with Crippen LogP contribution < -0.4 is 5.32 Å². The van der Waals surface area contributed by atoms with Crippen LogP contribution in [-0.2, 0) is 17.8 Å². The Kier molecular flexibility index (Phi) is 4.29. The topological polar surface area (TPSA) is 80.0 Å². The molecule has 2 aromatic rings. The Bertz CT molecular complexity index is 706. The highest BCUT2D eigenvalue weighted by Gasteiger charge is 2.51. The predicted molar refractivity (Wildman–Crippen MR) is 92.5 cm³/mol. The van der Waals surface area contributed by atoms with Gasteiger partial charge in [0.05, 0.1) is 17.8 Å². The van der Waals surface area contributed by atoms with Crippen molar-refractivity contribution in [2.75, 3.05) is 0 Å². The molecule has 0 unspecified atom stereocenters. The molecule has 0 aliphatic heterocycles. The molecule has 0 saturated heterocycles. The average Bonchev–Trinajstić information content (AvgIpc) is 3.19. The first kappa shape index (κ1) is 16.3. The van der Waals surface area contributed by atoms with E-state index < -0.39 is 0 Å². The number of imidazole rings is 1. The van der Waals surface area contributed by atoms with E-state index >= 15 is 0 Å². The van der Waals surface area contributed by atoms with Gasteiger partial charge in [-0.3, -0.25) is 9.78 Å². The quantitative estimate of drug-likeness (QED) is 0.801. The summed E-state index contributed by atoms with van der Waals surface area (Å²) in [6.45, 7) is 0.689. The van der Waals surface area contributed by atoms with Crippen molar-refractivity contribution in [2.45, 2.75) is 50.8 Å². The molecule has 0 radical (unpaired) electrons. The molecule has 0 bridgehead atoms. The molecule has 6 heteroatoms. The van der Waals surface area contributed by atoms with E-state index in [1.165, 1.54) is 5.56 Å². The van der Waals surface area contributed by atoms with Crippen LogP contribution in [0.4, 0.5) is 0 Å². The minimum absolute atomic E-state index is 0.0681. The van der Waals surface area contributed by atoms with Crippen LogP contribution >= 0.6 is 0 Å². The largest absolute Gasteiger partial charge is 0.393 e. The Labute approximate surface area is 147 Å². The van der Waals surface area contributed by atoms with Gasteiger partial charge in [0.15, 0.2) is 0 Å². The summed E-state index contributed by atoms with van der Waals surface area (Å²) in [6.07, 6.45) is 12.9. The molecule has 132 valence electrons. The number of carbonyl (C=O) groups excluding carboxylic acids is 1. The van der Waals surface area contributed by atoms with Crippen LogP contribution in [-0.4, -0.2) is 37.7 Å². The smallest absolute Gasteiger partial charge is 0.228 e. The van der Waals surface area contributed by atoms with E-state index in [1.807, 2.05) is 22.9 Å². The molecule has 6 nitrogen and oxygen atoms in total. The van der Waals surface area contributed by atoms with Crippen LogP contribution in [0.2, 0.25) is 0 Å². The molecule has 0 spiro atoms. The predicted octanol–water partition coefficient (Wildman–Crippen LogP) is 1.56. The molecule has 4 rings (SSSR count). The number of aromatic nitrogens is 3. The van der Waals surface area contributed by atoms with E-state index in [1.54, 1.807) is 24.9 Å². The third-order valence-electron chi connectivity index (χ3n) is 5.62. The van der Waals surface area contributed by atoms with Gasteiger partial charge in [-0.05, 0) is 55.7 Å². The van der Waals surface area contributed by atoms with Gasteiger partial charge in [0.1, 0.15) is 0 Å². The summed E-state index contributed by atoms with van der Waals surface area (Å²) in [6, 6.07) is 4.05. The maximum Gasteiger partial charge on any atom is 0.228 e. The van der Waals surface area contributed by atoms with Crippen molar-refractivity contribution in [3.05, 3.63) is 48.8 Å². The first-order chi connectivity index (χ1) is 12.1. The summed E-state index contributed by atoms with van der Waals surface area (Å²) in [4.78, 5) is 21.1. The molecular formula is C19H24N4O2. The summed E-state index contributed by atoms with van der Waals surface area (Å²) >= 11 is 0. The fourth-order valence-corrected chi connectivity index (χ4v) is 3.73. The van der Waals surface area contributed by atoms with Crippen molar-refractivity contribution in [1.82, 2.24) is 19.9 Å². The van der Waals surface area contributed by atoms with Gasteiger partial charge in [-0.15, -0.1) is 0 Å². The zero-order valence-electron chi connectivity index (χ0n) is 14.2. The summed E-state index contributed by atoms with van der Waals surface area (Å²) in [5.74, 6) is 0.484. The molecule has 2 N–H and O–H groups in total. The monoisotopic (exact) mass is 340 g/mol. The van der Waals surface area contributed by atoms with Gasteiger partial charge >= 0.3 is 0 Å². The minimum atomic E-state index is -0.292. The number of hydrogen-bond donors (Lipinski definition) is 2. The molecule has 0 aromatic carbocycles. The summed E-state index contributed by atoms with van der Waals surface area (Å²) in [7, 11) is 0. The number of pyridine rings is 1. The van der Waals surface area contributed by atoms with Crippen LogP contribution in [0.15, 0.2) is 43.2 Å². The number of amides is 1. The standard InChI is InChI=1S/C19H24N4O2/c24-16-10-15(11-16)17(9-14-1-5-20-6-2-14)22-18(25)19(3-4-19)12-23-8-7-21-13-23/h1-2,5-8,13,15-17,24H,3-4,9-12H2,(H,22,25)/t15?,16?,17-/m1/s1. The molecule has 2 saturated carbocycles. The third kappa shape index (κ3) is 3.58. The molecule has 2 heterocycles. The van der Waals surface area contributed by atoms with E-state index in [4.69, 9.17) is 0 Å². The third-order valence-corrected chi connectivity index (χ3v) is 5.62. The van der Waals surface area contributed by atoms with E-state index in [0.717, 1.165) is 32.1 Å². The lowest BCUT2D eigenvalue weighted by Gasteiger charge is -2.38. The van der Waals surface area contributed by atoms with Crippen LogP contribution in [0.3, 0.4) is 0 Å². The Morgan fingerprint density at radius 1 is 1.28 bits per heavy atom. The Balaban J connectivity index is 1.43. The molecule has 2 fully saturated rings. The second kappa shape index (κ2) is 6.59. The average molecular weight is 340 g/mol. The van der Waals surface area contributed by atoms with E-state index in [9.17, 15) is 9.90 Å². The lowest BCUT2D eigenvalue weighted by molar-refractivity contribution is -0.128. The summed E-state index contributed by atoms with van der Waals surface area (Å²) in [5.41, 5.74) is 0.876. The van der Waals surface area contributed by atoms with Gasteiger partial charge in [0.25, 0.3) is 0 Å². The fourth-order valence-electron chi connectivity index (χ4n) is 3.73. The number of rotatable bonds is 7. The van der Waals surface area contributed by atoms with Gasteiger partial charge in [-0.1, -0.05) is 0 Å². The van der Waals surface area contributed by atoms with Crippen molar-refractivity contribution >= 4 is 5.91 Å². The number of hydrogen-bond acceptors (Lipinski definition) is 4. The molecule has 2 aliphatic rings. The lowest BCUT2D eigenvalue weighted by Crippen LogP contribution is -2.50. The molecule has 2 aliphatic carbocycles. The SMILES string of the molecule is O=C(N[C@H](Cc1ccncc1)C1CC(O)C1)C1(Cn2ccnc2)CC1. The van der Waals surface area contributed by atoms with Crippen molar-refractivity contribution in [1.29, 1.82) is 0 Å². The normalized spacial score (nSPS) is 25.0. The van der Waals surface area contributed by atoms with Gasteiger partial charge in [-0.2, -0.15) is 0 Å². The first-order valence-electron chi connectivity index (χ1n) is 8.98. The van der Waals surface area contributed by atoms with Crippen molar-refractivity contribution < 1.29 is 9.90 Å². The van der Waals surface area contributed by atoms with Gasteiger partial charge in [0, 0.05) is 37.4 Å². The van der Waals surface area contributed by atoms with Crippen LogP contribution in [0.25, 0.3) is 0 Å². The number of nitrogens with one attached hydrogen (secondary N) is 1. The molecule has 2 aromatic heterocycles. The molecule has 25 heavy (non-hydrogen) atoms. The van der Waals surface area contributed by atoms with E-state index in [2.05, 4.69) is 15.3 Å². The summed E-state index contributed by atoms with van der Waals surface area (Å²) < 4.78 is 1.98. The summed E-state index contributed by atoms with van der Waals surface area (Å²) in [5, 5.41) is 13.0. The zero-order valence-corrected chi connectivity index (χ0v) is 14.2. The van der Waals surface area contributed by atoms with Gasteiger partial charge in [-0.25, -0.2) is 4.98 Å². The number of nitrogens with zero attached hydrogens (tertiary/aromatic N) is 3. The van der Waals surface area contributed by atoms with Crippen molar-refractivity contribution in [3.8, 4) is 0 Å². The Hall–Kier alpha value is -2.21. The van der Waals surface area contributed by atoms with Crippen LogP contribution in [0.5, 0.6) is 0 Å². The zero-order chi connectivity index (χ0) is 17.3. The highest BCUT2D eigenvalue weighted by Crippen LogP contribution is 2.47. The van der Waals surface area contributed by atoms with Gasteiger partial charge in [0.2, 0.25) is 5.91 Å². The number of aliphatic hydroxyl groups is 1. The van der Waals surface area contributed by atoms with Crippen LogP contribution in [0, 0.1) is 11.3 Å². The second-order valence-electron chi connectivity index (χ2n) is 7.54. The van der Waals surface area contributed by atoms with E-state index in [-0.39, 0.29) is 23.5 Å². The second-order valence-corrected chi connectivity index (χ2v) is 7.54. The van der Waals surface area contributed by atoms with Crippen molar-refractivity contribution in [3.63, 3.8) is 0 Å². The molecular weight excluding hydrogens is 316 g/mol. The Morgan fingerprint density at radius 2 is 2.04 bits per heavy atom. The lowest BCUT2D eigenvalue weighted by atomic mass is 9.75. The van der Waals surface area contributed by atoms with Crippen molar-refractivity contribution in [2.24, 2.45) is 11.3 Å².